The summed E-state index contributed by atoms with van der Waals surface area (Å²) in [7, 11) is 1.44. The summed E-state index contributed by atoms with van der Waals surface area (Å²) in [6.07, 6.45) is 4.97. The Morgan fingerprint density at radius 2 is 1.89 bits per heavy atom. The molecule has 18 heavy (non-hydrogen) atoms. The smallest absolute Gasteiger partial charge is 0.227 e. The molecule has 0 radical (unpaired) electrons. The lowest BCUT2D eigenvalue weighted by atomic mass is 10.1. The van der Waals surface area contributed by atoms with Crippen LogP contribution >= 0.6 is 0 Å². The van der Waals surface area contributed by atoms with E-state index in [0.29, 0.717) is 5.76 Å². The molecule has 1 heterocycles. The number of rotatable bonds is 3. The Hall–Kier alpha value is -2.29. The summed E-state index contributed by atoms with van der Waals surface area (Å²) in [5.41, 5.74) is 2.08. The molecule has 0 spiro atoms. The van der Waals surface area contributed by atoms with E-state index >= 15 is 0 Å². The molecule has 1 aromatic carbocycles. The van der Waals surface area contributed by atoms with E-state index in [-0.39, 0.29) is 11.2 Å². The van der Waals surface area contributed by atoms with Gasteiger partial charge in [0.25, 0.3) is 0 Å². The summed E-state index contributed by atoms with van der Waals surface area (Å²) in [5.74, 6) is 0.712. The fourth-order valence-electron chi connectivity index (χ4n) is 1.51. The summed E-state index contributed by atoms with van der Waals surface area (Å²) in [6, 6.07) is 9.48. The van der Waals surface area contributed by atoms with Gasteiger partial charge < -0.3 is 9.15 Å². The Morgan fingerprint density at radius 1 is 1.17 bits per heavy atom. The SMILES string of the molecule is COc1coc(/C=C/c2ccc(C)cc2)cc1=O. The number of hydrogen-bond acceptors (Lipinski definition) is 3. The third kappa shape index (κ3) is 2.88. The number of aryl methyl sites for hydroxylation is 1. The molecule has 1 aromatic heterocycles. The van der Waals surface area contributed by atoms with Crippen LogP contribution in [-0.2, 0) is 0 Å². The number of benzene rings is 1. The van der Waals surface area contributed by atoms with Crippen molar-refractivity contribution >= 4 is 12.2 Å². The molecule has 0 unspecified atom stereocenters. The second-order valence-corrected chi connectivity index (χ2v) is 3.96. The molecule has 2 aromatic rings. The maximum atomic E-state index is 11.5. The van der Waals surface area contributed by atoms with Gasteiger partial charge in [-0.05, 0) is 18.6 Å². The maximum Gasteiger partial charge on any atom is 0.227 e. The molecule has 0 saturated carbocycles. The first-order valence-corrected chi connectivity index (χ1v) is 5.60. The number of ether oxygens (including phenoxy) is 1. The molecule has 3 nitrogen and oxygen atoms in total. The van der Waals surface area contributed by atoms with Crippen LogP contribution in [0.25, 0.3) is 12.2 Å². The van der Waals surface area contributed by atoms with Crippen LogP contribution in [0.2, 0.25) is 0 Å². The van der Waals surface area contributed by atoms with Crippen LogP contribution in [0.5, 0.6) is 5.75 Å². The van der Waals surface area contributed by atoms with Gasteiger partial charge >= 0.3 is 0 Å². The largest absolute Gasteiger partial charge is 0.490 e. The Morgan fingerprint density at radius 3 is 2.50 bits per heavy atom. The zero-order valence-corrected chi connectivity index (χ0v) is 10.3. The molecule has 0 N–H and O–H groups in total. The topological polar surface area (TPSA) is 39.4 Å². The highest BCUT2D eigenvalue weighted by molar-refractivity contribution is 5.67. The molecule has 3 heteroatoms. The number of methoxy groups -OCH3 is 1. The average Bonchev–Trinajstić information content (AvgIpc) is 2.38. The lowest BCUT2D eigenvalue weighted by molar-refractivity contribution is 0.385. The molecule has 0 saturated heterocycles. The molecule has 2 rings (SSSR count). The summed E-state index contributed by atoms with van der Waals surface area (Å²) in [4.78, 5) is 11.5. The van der Waals surface area contributed by atoms with E-state index in [1.165, 1.54) is 25.0 Å². The van der Waals surface area contributed by atoms with Gasteiger partial charge in [0.15, 0.2) is 0 Å². The van der Waals surface area contributed by atoms with Crippen LogP contribution in [0.4, 0.5) is 0 Å². The van der Waals surface area contributed by atoms with E-state index < -0.39 is 0 Å². The number of hydrogen-bond donors (Lipinski definition) is 0. The van der Waals surface area contributed by atoms with Crippen molar-refractivity contribution in [3.8, 4) is 5.75 Å². The molecule has 0 amide bonds. The second-order valence-electron chi connectivity index (χ2n) is 3.96. The Labute approximate surface area is 105 Å². The standard InChI is InChI=1S/C15H14O3/c1-11-3-5-12(6-4-11)7-8-13-9-14(16)15(17-2)10-18-13/h3-10H,1-2H3/b8-7+. The van der Waals surface area contributed by atoms with E-state index in [4.69, 9.17) is 9.15 Å². The average molecular weight is 242 g/mol. The monoisotopic (exact) mass is 242 g/mol. The van der Waals surface area contributed by atoms with Gasteiger partial charge in [-0.25, -0.2) is 0 Å². The first-order chi connectivity index (χ1) is 8.69. The van der Waals surface area contributed by atoms with Crippen LogP contribution in [-0.4, -0.2) is 7.11 Å². The Bertz CT molecular complexity index is 606. The van der Waals surface area contributed by atoms with Crippen molar-refractivity contribution in [3.63, 3.8) is 0 Å². The van der Waals surface area contributed by atoms with Gasteiger partial charge in [0.05, 0.1) is 7.11 Å². The van der Waals surface area contributed by atoms with Gasteiger partial charge in [-0.3, -0.25) is 4.79 Å². The van der Waals surface area contributed by atoms with E-state index in [1.807, 2.05) is 37.3 Å². The zero-order valence-electron chi connectivity index (χ0n) is 10.3. The maximum absolute atomic E-state index is 11.5. The molecule has 0 atom stereocenters. The van der Waals surface area contributed by atoms with E-state index in [1.54, 1.807) is 6.08 Å². The van der Waals surface area contributed by atoms with E-state index in [0.717, 1.165) is 5.56 Å². The van der Waals surface area contributed by atoms with E-state index in [2.05, 4.69) is 0 Å². The normalized spacial score (nSPS) is 10.8. The highest BCUT2D eigenvalue weighted by Crippen LogP contribution is 2.10. The van der Waals surface area contributed by atoms with Crippen LogP contribution in [0.1, 0.15) is 16.9 Å². The Balaban J connectivity index is 2.21. The van der Waals surface area contributed by atoms with Gasteiger partial charge in [0, 0.05) is 6.07 Å². The predicted molar refractivity (Wildman–Crippen MR) is 71.6 cm³/mol. The third-order valence-electron chi connectivity index (χ3n) is 2.56. The summed E-state index contributed by atoms with van der Waals surface area (Å²) in [6.45, 7) is 2.04. The third-order valence-corrected chi connectivity index (χ3v) is 2.56. The highest BCUT2D eigenvalue weighted by atomic mass is 16.5. The van der Waals surface area contributed by atoms with E-state index in [9.17, 15) is 4.79 Å². The van der Waals surface area contributed by atoms with Crippen LogP contribution < -0.4 is 10.2 Å². The summed E-state index contributed by atoms with van der Waals surface area (Å²) < 4.78 is 10.1. The highest BCUT2D eigenvalue weighted by Gasteiger charge is 2.00. The van der Waals surface area contributed by atoms with Gasteiger partial charge in [-0.15, -0.1) is 0 Å². The fourth-order valence-corrected chi connectivity index (χ4v) is 1.51. The van der Waals surface area contributed by atoms with Gasteiger partial charge in [0.1, 0.15) is 12.0 Å². The van der Waals surface area contributed by atoms with Crippen molar-refractivity contribution in [2.75, 3.05) is 7.11 Å². The summed E-state index contributed by atoms with van der Waals surface area (Å²) >= 11 is 0. The zero-order chi connectivity index (χ0) is 13.0. The van der Waals surface area contributed by atoms with Crippen molar-refractivity contribution in [2.24, 2.45) is 0 Å². The molecule has 0 bridgehead atoms. The minimum atomic E-state index is -0.188. The molecular weight excluding hydrogens is 228 g/mol. The summed E-state index contributed by atoms with van der Waals surface area (Å²) in [5, 5.41) is 0. The van der Waals surface area contributed by atoms with Crippen molar-refractivity contribution < 1.29 is 9.15 Å². The van der Waals surface area contributed by atoms with Gasteiger partial charge in [-0.1, -0.05) is 35.9 Å². The predicted octanol–water partition coefficient (Wildman–Crippen LogP) is 3.13. The van der Waals surface area contributed by atoms with Crippen molar-refractivity contribution in [3.05, 3.63) is 63.7 Å². The van der Waals surface area contributed by atoms with Crippen LogP contribution in [0.3, 0.4) is 0 Å². The molecule has 0 fully saturated rings. The van der Waals surface area contributed by atoms with Crippen LogP contribution in [0.15, 0.2) is 45.8 Å². The second kappa shape index (κ2) is 5.36. The van der Waals surface area contributed by atoms with Gasteiger partial charge in [0.2, 0.25) is 11.2 Å². The quantitative estimate of drug-likeness (QED) is 0.830. The molecule has 0 aliphatic rings. The first kappa shape index (κ1) is 12.2. The van der Waals surface area contributed by atoms with Crippen molar-refractivity contribution in [1.82, 2.24) is 0 Å². The molecule has 0 aliphatic carbocycles. The van der Waals surface area contributed by atoms with Crippen molar-refractivity contribution in [1.29, 1.82) is 0 Å². The minimum Gasteiger partial charge on any atom is -0.490 e. The lowest BCUT2D eigenvalue weighted by Gasteiger charge is -1.98. The molecule has 92 valence electrons. The Kier molecular flexibility index (Phi) is 3.63. The lowest BCUT2D eigenvalue weighted by Crippen LogP contribution is -2.03. The van der Waals surface area contributed by atoms with Crippen molar-refractivity contribution in [2.45, 2.75) is 6.92 Å². The fraction of sp³-hybridized carbons (Fsp3) is 0.133. The minimum absolute atomic E-state index is 0.188. The molecule has 0 aliphatic heterocycles. The van der Waals surface area contributed by atoms with Crippen LogP contribution in [0, 0.1) is 6.92 Å². The van der Waals surface area contributed by atoms with Gasteiger partial charge in [-0.2, -0.15) is 0 Å². The first-order valence-electron chi connectivity index (χ1n) is 5.60. The molecular formula is C15H14O3.